The van der Waals surface area contributed by atoms with E-state index in [-0.39, 0.29) is 5.56 Å². The van der Waals surface area contributed by atoms with E-state index in [2.05, 4.69) is 26.4 Å². The Morgan fingerprint density at radius 3 is 3.00 bits per heavy atom. The van der Waals surface area contributed by atoms with Crippen LogP contribution in [0.25, 0.3) is 17.1 Å². The number of aromatic nitrogens is 5. The van der Waals surface area contributed by atoms with E-state index in [1.54, 1.807) is 18.3 Å². The number of nitrogens with zero attached hydrogens (tertiary/aromatic N) is 5. The molecule has 7 nitrogen and oxygen atoms in total. The summed E-state index contributed by atoms with van der Waals surface area (Å²) in [5.41, 5.74) is 2.64. The molecule has 0 saturated carbocycles. The lowest BCUT2D eigenvalue weighted by Crippen LogP contribution is -2.23. The molecule has 0 unspecified atom stereocenters. The summed E-state index contributed by atoms with van der Waals surface area (Å²) < 4.78 is 6.51. The highest BCUT2D eigenvalue weighted by Gasteiger charge is 2.16. The van der Waals surface area contributed by atoms with E-state index in [9.17, 15) is 4.79 Å². The number of methoxy groups -OCH3 is 1. The van der Waals surface area contributed by atoms with Gasteiger partial charge in [-0.3, -0.25) is 4.79 Å². The number of aryl methyl sites for hydroxylation is 1. The summed E-state index contributed by atoms with van der Waals surface area (Å²) in [6.45, 7) is 0. The van der Waals surface area contributed by atoms with Crippen molar-refractivity contribution < 1.29 is 4.74 Å². The van der Waals surface area contributed by atoms with Gasteiger partial charge in [-0.25, -0.2) is 19.5 Å². The third-order valence-electron chi connectivity index (χ3n) is 3.78. The molecule has 4 rings (SSSR count). The van der Waals surface area contributed by atoms with Crippen molar-refractivity contribution in [3.05, 3.63) is 52.6 Å². The molecule has 0 bridgehead atoms. The summed E-state index contributed by atoms with van der Waals surface area (Å²) in [5, 5.41) is 0. The maximum Gasteiger partial charge on any atom is 0.277 e. The third-order valence-corrected chi connectivity index (χ3v) is 3.78. The fraction of sp³-hybridized carbons (Fsp3) is 0.250. The molecule has 0 N–H and O–H groups in total. The second-order valence-electron chi connectivity index (χ2n) is 5.20. The highest BCUT2D eigenvalue weighted by Crippen LogP contribution is 2.20. The van der Waals surface area contributed by atoms with Crippen LogP contribution in [0.1, 0.15) is 17.7 Å². The molecule has 23 heavy (non-hydrogen) atoms. The van der Waals surface area contributed by atoms with Crippen molar-refractivity contribution in [1.82, 2.24) is 24.5 Å². The zero-order valence-electron chi connectivity index (χ0n) is 12.5. The van der Waals surface area contributed by atoms with Gasteiger partial charge in [0.15, 0.2) is 5.65 Å². The summed E-state index contributed by atoms with van der Waals surface area (Å²) in [5.74, 6) is 0.713. The number of hydrogen-bond donors (Lipinski definition) is 0. The Morgan fingerprint density at radius 2 is 2.13 bits per heavy atom. The molecule has 2 radical (unpaired) electrons. The lowest BCUT2D eigenvalue weighted by atomic mass is 9.98. The molecule has 3 heterocycles. The number of pyridine rings is 1. The minimum Gasteiger partial charge on any atom is -0.481 e. The van der Waals surface area contributed by atoms with Crippen molar-refractivity contribution >= 4 is 11.2 Å². The van der Waals surface area contributed by atoms with Gasteiger partial charge in [-0.05, 0) is 37.3 Å². The van der Waals surface area contributed by atoms with Crippen LogP contribution in [-0.4, -0.2) is 31.6 Å². The van der Waals surface area contributed by atoms with Crippen molar-refractivity contribution in [2.24, 2.45) is 0 Å². The van der Waals surface area contributed by atoms with Gasteiger partial charge in [0.2, 0.25) is 11.8 Å². The average molecular weight is 307 g/mol. The molecule has 0 aliphatic heterocycles. The highest BCUT2D eigenvalue weighted by molar-refractivity contribution is 5.72. The summed E-state index contributed by atoms with van der Waals surface area (Å²) in [4.78, 5) is 29.7. The van der Waals surface area contributed by atoms with Crippen LogP contribution in [0.3, 0.4) is 0 Å². The number of ether oxygens (including phenoxy) is 1. The van der Waals surface area contributed by atoms with Crippen molar-refractivity contribution in [3.63, 3.8) is 0 Å². The van der Waals surface area contributed by atoms with Gasteiger partial charge < -0.3 is 4.74 Å². The molecule has 1 aliphatic rings. The molecule has 0 saturated heterocycles. The SMILES string of the molecule is COc1ccc2ncc(=O)n(-c3ncc4c(n3)CC[C]C4)c2n1. The quantitative estimate of drug-likeness (QED) is 0.706. The first-order valence-electron chi connectivity index (χ1n) is 7.25. The Labute approximate surface area is 132 Å². The van der Waals surface area contributed by atoms with E-state index < -0.39 is 0 Å². The third kappa shape index (κ3) is 2.34. The van der Waals surface area contributed by atoms with Crippen LogP contribution in [0.5, 0.6) is 5.88 Å². The van der Waals surface area contributed by atoms with Crippen molar-refractivity contribution in [2.45, 2.75) is 19.3 Å². The molecule has 0 aromatic carbocycles. The van der Waals surface area contributed by atoms with Gasteiger partial charge in [0.1, 0.15) is 5.52 Å². The fourth-order valence-electron chi connectivity index (χ4n) is 2.62. The number of fused-ring (bicyclic) bond motifs is 2. The molecule has 0 spiro atoms. The van der Waals surface area contributed by atoms with E-state index in [0.717, 1.165) is 30.5 Å². The highest BCUT2D eigenvalue weighted by atomic mass is 16.5. The summed E-state index contributed by atoms with van der Waals surface area (Å²) in [6, 6.07) is 3.45. The van der Waals surface area contributed by atoms with E-state index >= 15 is 0 Å². The van der Waals surface area contributed by atoms with Gasteiger partial charge in [-0.1, -0.05) is 0 Å². The van der Waals surface area contributed by atoms with Crippen LogP contribution in [0.15, 0.2) is 29.3 Å². The molecule has 0 fully saturated rings. The fourth-order valence-corrected chi connectivity index (χ4v) is 2.62. The van der Waals surface area contributed by atoms with Gasteiger partial charge in [0.25, 0.3) is 5.56 Å². The largest absolute Gasteiger partial charge is 0.481 e. The maximum absolute atomic E-state index is 12.3. The first kappa shape index (κ1) is 13.8. The lowest BCUT2D eigenvalue weighted by molar-refractivity contribution is 0.399. The summed E-state index contributed by atoms with van der Waals surface area (Å²) in [7, 11) is 1.52. The van der Waals surface area contributed by atoms with Crippen LogP contribution < -0.4 is 10.3 Å². The van der Waals surface area contributed by atoms with Crippen molar-refractivity contribution in [2.75, 3.05) is 7.11 Å². The Hall–Kier alpha value is -2.83. The predicted molar refractivity (Wildman–Crippen MR) is 82.5 cm³/mol. The minimum absolute atomic E-state index is 0.309. The Balaban J connectivity index is 1.97. The van der Waals surface area contributed by atoms with Crippen molar-refractivity contribution in [3.8, 4) is 11.8 Å². The minimum atomic E-state index is -0.327. The lowest BCUT2D eigenvalue weighted by Gasteiger charge is -2.15. The average Bonchev–Trinajstić information content (AvgIpc) is 2.60. The molecule has 1 aliphatic carbocycles. The van der Waals surface area contributed by atoms with Crippen molar-refractivity contribution in [1.29, 1.82) is 0 Å². The molecule has 0 amide bonds. The van der Waals surface area contributed by atoms with Crippen LogP contribution >= 0.6 is 0 Å². The smallest absolute Gasteiger partial charge is 0.277 e. The summed E-state index contributed by atoms with van der Waals surface area (Å²) >= 11 is 0. The molecular formula is C16H13N5O2. The Morgan fingerprint density at radius 1 is 1.22 bits per heavy atom. The van der Waals surface area contributed by atoms with Crippen LogP contribution in [0.2, 0.25) is 0 Å². The first-order chi connectivity index (χ1) is 11.3. The maximum atomic E-state index is 12.3. The second kappa shape index (κ2) is 5.42. The van der Waals surface area contributed by atoms with Gasteiger partial charge >= 0.3 is 0 Å². The Bertz CT molecular complexity index is 951. The van der Waals surface area contributed by atoms with Crippen LogP contribution in [0, 0.1) is 6.42 Å². The molecular weight excluding hydrogens is 294 g/mol. The van der Waals surface area contributed by atoms with E-state index in [0.29, 0.717) is 23.0 Å². The van der Waals surface area contributed by atoms with Crippen LogP contribution in [0.4, 0.5) is 0 Å². The van der Waals surface area contributed by atoms with Gasteiger partial charge in [-0.15, -0.1) is 0 Å². The zero-order valence-corrected chi connectivity index (χ0v) is 12.5. The molecule has 3 aromatic heterocycles. The molecule has 0 atom stereocenters. The van der Waals surface area contributed by atoms with Gasteiger partial charge in [-0.2, -0.15) is 4.98 Å². The van der Waals surface area contributed by atoms with E-state index in [1.165, 1.54) is 17.9 Å². The van der Waals surface area contributed by atoms with Crippen LogP contribution in [-0.2, 0) is 12.8 Å². The molecule has 114 valence electrons. The van der Waals surface area contributed by atoms with Gasteiger partial charge in [0, 0.05) is 18.0 Å². The van der Waals surface area contributed by atoms with Gasteiger partial charge in [0.05, 0.1) is 13.3 Å². The molecule has 7 heteroatoms. The number of hydrogen-bond acceptors (Lipinski definition) is 6. The first-order valence-corrected chi connectivity index (χ1v) is 7.25. The summed E-state index contributed by atoms with van der Waals surface area (Å²) in [6.07, 6.45) is 8.68. The monoisotopic (exact) mass is 307 g/mol. The second-order valence-corrected chi connectivity index (χ2v) is 5.20. The predicted octanol–water partition coefficient (Wildman–Crippen LogP) is 1.15. The molecule has 3 aromatic rings. The number of rotatable bonds is 2. The topological polar surface area (TPSA) is 82.8 Å². The standard InChI is InChI=1S/C16H13N5O2/c1-23-13-7-6-12-15(20-13)21(14(22)9-17-12)16-18-8-10-4-2-3-5-11(10)19-16/h6-9H,3-5H2,1H3. The van der Waals surface area contributed by atoms with E-state index in [4.69, 9.17) is 4.74 Å². The normalized spacial score (nSPS) is 13.8. The van der Waals surface area contributed by atoms with E-state index in [1.807, 2.05) is 0 Å². The zero-order chi connectivity index (χ0) is 15.8. The Kier molecular flexibility index (Phi) is 3.25.